The van der Waals surface area contributed by atoms with Crippen LogP contribution in [0.1, 0.15) is 37.1 Å². The van der Waals surface area contributed by atoms with Crippen LogP contribution in [0, 0.1) is 6.92 Å². The van der Waals surface area contributed by atoms with Crippen LogP contribution in [0.2, 0.25) is 0 Å². The Labute approximate surface area is 117 Å². The van der Waals surface area contributed by atoms with Gasteiger partial charge >= 0.3 is 0 Å². The van der Waals surface area contributed by atoms with Gasteiger partial charge in [0.05, 0.1) is 24.1 Å². The second kappa shape index (κ2) is 6.03. The van der Waals surface area contributed by atoms with Crippen LogP contribution < -0.4 is 5.32 Å². The summed E-state index contributed by atoms with van der Waals surface area (Å²) in [5.41, 5.74) is 2.38. The quantitative estimate of drug-likeness (QED) is 0.826. The third-order valence-electron chi connectivity index (χ3n) is 3.79. The monoisotopic (exact) mass is 279 g/mol. The van der Waals surface area contributed by atoms with Gasteiger partial charge < -0.3 is 10.1 Å². The molecule has 1 N–H and O–H groups in total. The molecule has 4 nitrogen and oxygen atoms in total. The lowest BCUT2D eigenvalue weighted by molar-refractivity contribution is 0.0602. The first-order chi connectivity index (χ1) is 9.34. The first-order valence-corrected chi connectivity index (χ1v) is 7.96. The van der Waals surface area contributed by atoms with Gasteiger partial charge in [-0.15, -0.1) is 11.3 Å². The van der Waals surface area contributed by atoms with Crippen molar-refractivity contribution in [1.29, 1.82) is 0 Å². The highest BCUT2D eigenvalue weighted by Crippen LogP contribution is 2.20. The van der Waals surface area contributed by atoms with Gasteiger partial charge in [0.1, 0.15) is 0 Å². The molecule has 0 saturated heterocycles. The van der Waals surface area contributed by atoms with E-state index in [9.17, 15) is 0 Å². The number of rotatable bonds is 6. The molecule has 104 valence electrons. The van der Waals surface area contributed by atoms with E-state index >= 15 is 0 Å². The zero-order valence-electron chi connectivity index (χ0n) is 11.4. The van der Waals surface area contributed by atoms with E-state index in [0.717, 1.165) is 30.4 Å². The Morgan fingerprint density at radius 3 is 3.16 bits per heavy atom. The maximum atomic E-state index is 5.84. The number of hydrogen-bond donors (Lipinski definition) is 1. The molecule has 0 aliphatic heterocycles. The Morgan fingerprint density at radius 1 is 1.47 bits per heavy atom. The smallest absolute Gasteiger partial charge is 0.194 e. The van der Waals surface area contributed by atoms with Crippen molar-refractivity contribution >= 4 is 16.3 Å². The topological polar surface area (TPSA) is 38.6 Å². The predicted molar refractivity (Wildman–Crippen MR) is 77.7 cm³/mol. The molecule has 1 aliphatic carbocycles. The predicted octanol–water partition coefficient (Wildman–Crippen LogP) is 2.75. The van der Waals surface area contributed by atoms with Crippen LogP contribution in [0.15, 0.2) is 11.6 Å². The lowest BCUT2D eigenvalue weighted by atomic mass is 10.3. The van der Waals surface area contributed by atoms with Crippen LogP contribution >= 0.6 is 11.3 Å². The Kier molecular flexibility index (Phi) is 4.15. The fourth-order valence-electron chi connectivity index (χ4n) is 2.71. The number of aromatic nitrogens is 2. The summed E-state index contributed by atoms with van der Waals surface area (Å²) in [6, 6.07) is 0. The van der Waals surface area contributed by atoms with Crippen LogP contribution in [0.25, 0.3) is 4.96 Å². The summed E-state index contributed by atoms with van der Waals surface area (Å²) in [5, 5.41) is 5.53. The minimum atomic E-state index is 0.516. The lowest BCUT2D eigenvalue weighted by Crippen LogP contribution is -2.22. The molecule has 0 amide bonds. The van der Waals surface area contributed by atoms with E-state index in [1.807, 2.05) is 0 Å². The molecule has 0 aromatic carbocycles. The van der Waals surface area contributed by atoms with Gasteiger partial charge in [0, 0.05) is 24.7 Å². The highest BCUT2D eigenvalue weighted by molar-refractivity contribution is 7.15. The third kappa shape index (κ3) is 2.99. The summed E-state index contributed by atoms with van der Waals surface area (Å²) in [5.74, 6) is 0. The maximum Gasteiger partial charge on any atom is 0.194 e. The van der Waals surface area contributed by atoms with Gasteiger partial charge in [-0.3, -0.25) is 4.40 Å². The van der Waals surface area contributed by atoms with Gasteiger partial charge in [-0.1, -0.05) is 12.8 Å². The van der Waals surface area contributed by atoms with Gasteiger partial charge in [-0.25, -0.2) is 4.98 Å². The lowest BCUT2D eigenvalue weighted by Gasteiger charge is -2.11. The van der Waals surface area contributed by atoms with Crippen LogP contribution in [0.5, 0.6) is 0 Å². The average molecular weight is 279 g/mol. The first kappa shape index (κ1) is 13.1. The highest BCUT2D eigenvalue weighted by Gasteiger charge is 2.14. The van der Waals surface area contributed by atoms with Crippen LogP contribution in [-0.4, -0.2) is 28.6 Å². The van der Waals surface area contributed by atoms with Crippen molar-refractivity contribution in [3.05, 3.63) is 23.0 Å². The molecule has 0 radical (unpaired) electrons. The van der Waals surface area contributed by atoms with Gasteiger partial charge in [-0.05, 0) is 19.8 Å². The number of aryl methyl sites for hydroxylation is 1. The molecule has 0 unspecified atom stereocenters. The minimum Gasteiger partial charge on any atom is -0.377 e. The number of fused-ring (bicyclic) bond motifs is 1. The minimum absolute atomic E-state index is 0.516. The van der Waals surface area contributed by atoms with Crippen molar-refractivity contribution in [2.75, 3.05) is 13.2 Å². The van der Waals surface area contributed by atoms with Gasteiger partial charge in [0.2, 0.25) is 0 Å². The average Bonchev–Trinajstić information content (AvgIpc) is 3.08. The molecule has 0 spiro atoms. The summed E-state index contributed by atoms with van der Waals surface area (Å²) in [6.45, 7) is 4.66. The number of ether oxygens (including phenoxy) is 1. The van der Waals surface area contributed by atoms with Crippen molar-refractivity contribution in [2.45, 2.75) is 45.3 Å². The number of nitrogens with zero attached hydrogens (tertiary/aromatic N) is 2. The molecule has 1 saturated carbocycles. The normalized spacial score (nSPS) is 16.7. The summed E-state index contributed by atoms with van der Waals surface area (Å²) < 4.78 is 8.01. The fraction of sp³-hybridized carbons (Fsp3) is 0.643. The second-order valence-corrected chi connectivity index (χ2v) is 6.03. The van der Waals surface area contributed by atoms with Crippen molar-refractivity contribution in [2.24, 2.45) is 0 Å². The van der Waals surface area contributed by atoms with Gasteiger partial charge in [-0.2, -0.15) is 0 Å². The Morgan fingerprint density at radius 2 is 2.32 bits per heavy atom. The molecule has 2 aromatic rings. The van der Waals surface area contributed by atoms with Crippen LogP contribution in [0.4, 0.5) is 0 Å². The first-order valence-electron chi connectivity index (χ1n) is 7.08. The molecule has 5 heteroatoms. The molecule has 1 fully saturated rings. The second-order valence-electron chi connectivity index (χ2n) is 5.15. The summed E-state index contributed by atoms with van der Waals surface area (Å²) >= 11 is 1.68. The van der Waals surface area contributed by atoms with Gasteiger partial charge in [0.15, 0.2) is 4.96 Å². The van der Waals surface area contributed by atoms with Crippen molar-refractivity contribution in [3.63, 3.8) is 0 Å². The number of thiazole rings is 1. The van der Waals surface area contributed by atoms with Crippen molar-refractivity contribution in [3.8, 4) is 0 Å². The van der Waals surface area contributed by atoms with Crippen LogP contribution in [0.3, 0.4) is 0 Å². The Bertz CT molecular complexity index is 528. The molecule has 0 bridgehead atoms. The Hall–Kier alpha value is -0.910. The number of nitrogens with one attached hydrogen (secondary N) is 1. The van der Waals surface area contributed by atoms with Crippen LogP contribution in [-0.2, 0) is 11.3 Å². The molecular formula is C14H21N3OS. The largest absolute Gasteiger partial charge is 0.377 e. The zero-order chi connectivity index (χ0) is 13.1. The van der Waals surface area contributed by atoms with E-state index < -0.39 is 0 Å². The van der Waals surface area contributed by atoms with E-state index in [1.54, 1.807) is 11.3 Å². The zero-order valence-corrected chi connectivity index (χ0v) is 12.2. The number of hydrogen-bond acceptors (Lipinski definition) is 4. The summed E-state index contributed by atoms with van der Waals surface area (Å²) in [6.07, 6.45) is 7.77. The summed E-state index contributed by atoms with van der Waals surface area (Å²) in [7, 11) is 0. The Balaban J connectivity index is 1.44. The molecule has 19 heavy (non-hydrogen) atoms. The number of imidazole rings is 1. The van der Waals surface area contributed by atoms with E-state index in [2.05, 4.69) is 33.2 Å². The highest BCUT2D eigenvalue weighted by atomic mass is 32.1. The molecule has 0 atom stereocenters. The molecule has 2 aromatic heterocycles. The van der Waals surface area contributed by atoms with E-state index in [1.165, 1.54) is 31.4 Å². The molecule has 2 heterocycles. The maximum absolute atomic E-state index is 5.84. The summed E-state index contributed by atoms with van der Waals surface area (Å²) in [4.78, 5) is 5.63. The SMILES string of the molecule is Cc1nc2sccn2c1CNCCOC1CCCC1. The fourth-order valence-corrected chi connectivity index (χ4v) is 3.49. The van der Waals surface area contributed by atoms with Crippen molar-refractivity contribution < 1.29 is 4.74 Å². The molecule has 3 rings (SSSR count). The molecule has 1 aliphatic rings. The van der Waals surface area contributed by atoms with Gasteiger partial charge in [0.25, 0.3) is 0 Å². The third-order valence-corrected chi connectivity index (χ3v) is 4.54. The van der Waals surface area contributed by atoms with E-state index in [-0.39, 0.29) is 0 Å². The molecular weight excluding hydrogens is 258 g/mol. The van der Waals surface area contributed by atoms with E-state index in [4.69, 9.17) is 4.74 Å². The van der Waals surface area contributed by atoms with E-state index in [0.29, 0.717) is 6.10 Å². The van der Waals surface area contributed by atoms with Crippen molar-refractivity contribution in [1.82, 2.24) is 14.7 Å². The standard InChI is InChI=1S/C14H21N3OS/c1-11-13(17-7-9-19-14(17)16-11)10-15-6-8-18-12-4-2-3-5-12/h7,9,12,15H,2-6,8,10H2,1H3.